The van der Waals surface area contributed by atoms with Crippen molar-refractivity contribution in [3.8, 4) is 17.0 Å². The highest BCUT2D eigenvalue weighted by Crippen LogP contribution is 2.25. The van der Waals surface area contributed by atoms with Crippen molar-refractivity contribution in [2.75, 3.05) is 5.32 Å². The molecule has 1 aromatic heterocycles. The largest absolute Gasteiger partial charge is 0.481 e. The van der Waals surface area contributed by atoms with Gasteiger partial charge in [-0.25, -0.2) is 4.63 Å². The lowest BCUT2D eigenvalue weighted by molar-refractivity contribution is -0.122. The second-order valence-corrected chi connectivity index (χ2v) is 6.32. The van der Waals surface area contributed by atoms with Crippen LogP contribution >= 0.6 is 0 Å². The molecule has 6 nitrogen and oxygen atoms in total. The maximum atomic E-state index is 12.5. The molecule has 0 saturated carbocycles. The highest BCUT2D eigenvalue weighted by molar-refractivity contribution is 5.95. The zero-order valence-electron chi connectivity index (χ0n) is 15.2. The molecule has 1 N–H and O–H groups in total. The first-order chi connectivity index (χ1) is 12.4. The Morgan fingerprint density at radius 1 is 1.04 bits per heavy atom. The average Bonchev–Trinajstić information content (AvgIpc) is 3.07. The van der Waals surface area contributed by atoms with Gasteiger partial charge in [0.15, 0.2) is 11.8 Å². The van der Waals surface area contributed by atoms with Crippen LogP contribution in [0.1, 0.15) is 23.6 Å². The van der Waals surface area contributed by atoms with E-state index in [0.29, 0.717) is 11.4 Å². The van der Waals surface area contributed by atoms with Crippen molar-refractivity contribution in [1.29, 1.82) is 0 Å². The number of ether oxygens (including phenoxy) is 1. The Hall–Kier alpha value is -3.15. The number of aromatic nitrogens is 2. The Morgan fingerprint density at radius 3 is 2.46 bits per heavy atom. The minimum Gasteiger partial charge on any atom is -0.481 e. The maximum Gasteiger partial charge on any atom is 0.266 e. The van der Waals surface area contributed by atoms with Crippen molar-refractivity contribution in [2.45, 2.75) is 33.8 Å². The molecule has 1 atom stereocenters. The molecule has 3 aromatic rings. The number of rotatable bonds is 5. The monoisotopic (exact) mass is 351 g/mol. The van der Waals surface area contributed by atoms with Crippen LogP contribution in [0.15, 0.2) is 47.1 Å². The zero-order chi connectivity index (χ0) is 18.7. The standard InChI is InChI=1S/C20H21N3O3/c1-12-5-8-16(9-6-12)18-19(23-26-22-18)21-20(24)15(4)25-17-10-7-13(2)14(3)11-17/h5-11,15H,1-4H3,(H,21,23,24)/t15-/m1/s1. The quantitative estimate of drug-likeness (QED) is 0.750. The predicted molar refractivity (Wildman–Crippen MR) is 99.1 cm³/mol. The molecule has 1 heterocycles. The van der Waals surface area contributed by atoms with E-state index in [1.807, 2.05) is 63.2 Å². The molecular formula is C20H21N3O3. The first-order valence-electron chi connectivity index (χ1n) is 8.38. The van der Waals surface area contributed by atoms with Crippen molar-refractivity contribution >= 4 is 11.7 Å². The Balaban J connectivity index is 1.71. The number of anilines is 1. The van der Waals surface area contributed by atoms with Crippen molar-refractivity contribution in [3.05, 3.63) is 59.2 Å². The second kappa shape index (κ2) is 7.39. The molecule has 0 aliphatic heterocycles. The van der Waals surface area contributed by atoms with Gasteiger partial charge >= 0.3 is 0 Å². The third-order valence-electron chi connectivity index (χ3n) is 4.22. The number of nitrogens with one attached hydrogen (secondary N) is 1. The van der Waals surface area contributed by atoms with Gasteiger partial charge in [-0.15, -0.1) is 0 Å². The summed E-state index contributed by atoms with van der Waals surface area (Å²) in [6, 6.07) is 13.4. The average molecular weight is 351 g/mol. The fraction of sp³-hybridized carbons (Fsp3) is 0.250. The summed E-state index contributed by atoms with van der Waals surface area (Å²) < 4.78 is 10.5. The van der Waals surface area contributed by atoms with E-state index in [0.717, 1.165) is 16.7 Å². The van der Waals surface area contributed by atoms with Crippen LogP contribution in [0.2, 0.25) is 0 Å². The summed E-state index contributed by atoms with van der Waals surface area (Å²) in [5, 5.41) is 10.4. The van der Waals surface area contributed by atoms with Gasteiger partial charge in [0, 0.05) is 5.56 Å². The van der Waals surface area contributed by atoms with Gasteiger partial charge in [0.1, 0.15) is 5.75 Å². The van der Waals surface area contributed by atoms with E-state index in [4.69, 9.17) is 9.37 Å². The number of carbonyl (C=O) groups excluding carboxylic acids is 1. The Kier molecular flexibility index (Phi) is 5.02. The van der Waals surface area contributed by atoms with Crippen LogP contribution in [0.25, 0.3) is 11.3 Å². The molecule has 6 heteroatoms. The molecule has 0 aliphatic carbocycles. The molecule has 134 valence electrons. The predicted octanol–water partition coefficient (Wildman–Crippen LogP) is 4.07. The van der Waals surface area contributed by atoms with Crippen molar-refractivity contribution in [2.24, 2.45) is 0 Å². The van der Waals surface area contributed by atoms with E-state index in [9.17, 15) is 4.79 Å². The number of aryl methyl sites for hydroxylation is 3. The molecule has 0 spiro atoms. The van der Waals surface area contributed by atoms with Crippen LogP contribution in [-0.2, 0) is 4.79 Å². The molecule has 0 unspecified atom stereocenters. The lowest BCUT2D eigenvalue weighted by Crippen LogP contribution is -2.30. The number of benzene rings is 2. The van der Waals surface area contributed by atoms with Crippen LogP contribution < -0.4 is 10.1 Å². The lowest BCUT2D eigenvalue weighted by Gasteiger charge is -2.15. The minimum atomic E-state index is -0.695. The lowest BCUT2D eigenvalue weighted by atomic mass is 10.1. The fourth-order valence-electron chi connectivity index (χ4n) is 2.43. The van der Waals surface area contributed by atoms with E-state index < -0.39 is 6.10 Å². The van der Waals surface area contributed by atoms with E-state index in [2.05, 4.69) is 15.6 Å². The Bertz CT molecular complexity index is 916. The topological polar surface area (TPSA) is 77.3 Å². The molecule has 1 amide bonds. The second-order valence-electron chi connectivity index (χ2n) is 6.32. The van der Waals surface area contributed by atoms with Crippen LogP contribution in [0.3, 0.4) is 0 Å². The summed E-state index contributed by atoms with van der Waals surface area (Å²) in [5.41, 5.74) is 4.71. The molecule has 2 aromatic carbocycles. The minimum absolute atomic E-state index is 0.273. The number of amides is 1. The van der Waals surface area contributed by atoms with Gasteiger partial charge < -0.3 is 10.1 Å². The summed E-state index contributed by atoms with van der Waals surface area (Å²) in [4.78, 5) is 12.5. The molecule has 0 bridgehead atoms. The van der Waals surface area contributed by atoms with Gasteiger partial charge in [0.2, 0.25) is 5.82 Å². The van der Waals surface area contributed by atoms with E-state index in [1.165, 1.54) is 5.56 Å². The smallest absolute Gasteiger partial charge is 0.266 e. The number of hydrogen-bond donors (Lipinski definition) is 1. The first-order valence-corrected chi connectivity index (χ1v) is 8.38. The molecule has 0 radical (unpaired) electrons. The Labute approximate surface area is 152 Å². The SMILES string of the molecule is Cc1ccc(-c2nonc2NC(=O)[C@@H](C)Oc2ccc(C)c(C)c2)cc1. The van der Waals surface area contributed by atoms with E-state index in [1.54, 1.807) is 6.92 Å². The molecular weight excluding hydrogens is 330 g/mol. The molecule has 3 rings (SSSR count). The van der Waals surface area contributed by atoms with Crippen LogP contribution in [0.5, 0.6) is 5.75 Å². The first kappa shape index (κ1) is 17.7. The summed E-state index contributed by atoms with van der Waals surface area (Å²) >= 11 is 0. The van der Waals surface area contributed by atoms with Crippen LogP contribution in [0, 0.1) is 20.8 Å². The Morgan fingerprint density at radius 2 is 1.77 bits per heavy atom. The highest BCUT2D eigenvalue weighted by atomic mass is 16.6. The van der Waals surface area contributed by atoms with Crippen molar-refractivity contribution in [1.82, 2.24) is 10.3 Å². The van der Waals surface area contributed by atoms with Gasteiger partial charge in [0.25, 0.3) is 5.91 Å². The van der Waals surface area contributed by atoms with Gasteiger partial charge in [-0.1, -0.05) is 35.9 Å². The van der Waals surface area contributed by atoms with Gasteiger partial charge in [-0.2, -0.15) is 0 Å². The molecule has 0 aliphatic rings. The van der Waals surface area contributed by atoms with Gasteiger partial charge in [-0.3, -0.25) is 4.79 Å². The third kappa shape index (κ3) is 3.91. The summed E-state index contributed by atoms with van der Waals surface area (Å²) in [5.74, 6) is 0.592. The zero-order valence-corrected chi connectivity index (χ0v) is 15.2. The van der Waals surface area contributed by atoms with Crippen molar-refractivity contribution < 1.29 is 14.2 Å². The maximum absolute atomic E-state index is 12.5. The summed E-state index contributed by atoms with van der Waals surface area (Å²) in [6.07, 6.45) is -0.695. The summed E-state index contributed by atoms with van der Waals surface area (Å²) in [6.45, 7) is 7.71. The number of carbonyl (C=O) groups is 1. The van der Waals surface area contributed by atoms with Gasteiger partial charge in [-0.05, 0) is 61.3 Å². The third-order valence-corrected chi connectivity index (χ3v) is 4.22. The van der Waals surface area contributed by atoms with Gasteiger partial charge in [0.05, 0.1) is 0 Å². The van der Waals surface area contributed by atoms with Crippen LogP contribution in [0.4, 0.5) is 5.82 Å². The fourth-order valence-corrected chi connectivity index (χ4v) is 2.43. The number of hydrogen-bond acceptors (Lipinski definition) is 5. The van der Waals surface area contributed by atoms with E-state index >= 15 is 0 Å². The van der Waals surface area contributed by atoms with E-state index in [-0.39, 0.29) is 11.7 Å². The molecule has 0 fully saturated rings. The molecule has 26 heavy (non-hydrogen) atoms. The van der Waals surface area contributed by atoms with Crippen molar-refractivity contribution in [3.63, 3.8) is 0 Å². The normalized spacial score (nSPS) is 11.8. The number of nitrogens with zero attached hydrogens (tertiary/aromatic N) is 2. The molecule has 0 saturated heterocycles. The van der Waals surface area contributed by atoms with Crippen LogP contribution in [-0.4, -0.2) is 22.3 Å². The highest BCUT2D eigenvalue weighted by Gasteiger charge is 2.20. The summed E-state index contributed by atoms with van der Waals surface area (Å²) in [7, 11) is 0.